The van der Waals surface area contributed by atoms with Crippen molar-refractivity contribution in [2.45, 2.75) is 18.8 Å². The number of hydrogen-bond donors (Lipinski definition) is 1. The van der Waals surface area contributed by atoms with Crippen LogP contribution in [-0.4, -0.2) is 13.1 Å². The van der Waals surface area contributed by atoms with Crippen LogP contribution in [0.4, 0.5) is 5.69 Å². The number of carbonyl (C=O) groups excluding carboxylic acids is 1. The average Bonchev–Trinajstić information content (AvgIpc) is 3.05. The molecular formula is C11H12ClNO3. The first-order valence-electron chi connectivity index (χ1n) is 4.97. The molecule has 1 aliphatic carbocycles. The van der Waals surface area contributed by atoms with Gasteiger partial charge in [0, 0.05) is 0 Å². The second-order valence-electron chi connectivity index (χ2n) is 3.77. The SMILES string of the molecule is COOC(=O)c1cc(Cl)c(N)cc1C1CC1. The van der Waals surface area contributed by atoms with E-state index in [1.165, 1.54) is 13.2 Å². The second kappa shape index (κ2) is 4.31. The molecule has 0 unspecified atom stereocenters. The van der Waals surface area contributed by atoms with Crippen molar-refractivity contribution in [1.82, 2.24) is 0 Å². The monoisotopic (exact) mass is 241 g/mol. The molecule has 1 fully saturated rings. The maximum absolute atomic E-state index is 11.6. The topological polar surface area (TPSA) is 61.5 Å². The fraction of sp³-hybridized carbons (Fsp3) is 0.364. The summed E-state index contributed by atoms with van der Waals surface area (Å²) in [5, 5.41) is 0.354. The summed E-state index contributed by atoms with van der Waals surface area (Å²) in [6.07, 6.45) is 2.13. The van der Waals surface area contributed by atoms with Crippen LogP contribution in [0.15, 0.2) is 12.1 Å². The molecule has 16 heavy (non-hydrogen) atoms. The molecule has 86 valence electrons. The predicted octanol–water partition coefficient (Wildman–Crippen LogP) is 2.52. The molecule has 0 amide bonds. The summed E-state index contributed by atoms with van der Waals surface area (Å²) >= 11 is 5.88. The van der Waals surface area contributed by atoms with Gasteiger partial charge in [0.25, 0.3) is 0 Å². The zero-order valence-corrected chi connectivity index (χ0v) is 9.58. The summed E-state index contributed by atoms with van der Waals surface area (Å²) in [5.74, 6) is -0.148. The molecule has 1 saturated carbocycles. The van der Waals surface area contributed by atoms with Gasteiger partial charge in [-0.3, -0.25) is 4.89 Å². The van der Waals surface area contributed by atoms with Crippen LogP contribution in [0.5, 0.6) is 0 Å². The number of carbonyl (C=O) groups is 1. The van der Waals surface area contributed by atoms with E-state index in [9.17, 15) is 4.79 Å². The summed E-state index contributed by atoms with van der Waals surface area (Å²) in [6.45, 7) is 0. The molecule has 0 saturated heterocycles. The number of nitrogen functional groups attached to an aromatic ring is 1. The summed E-state index contributed by atoms with van der Waals surface area (Å²) in [4.78, 5) is 20.5. The van der Waals surface area contributed by atoms with E-state index in [0.717, 1.165) is 18.4 Å². The minimum atomic E-state index is -0.536. The Labute approximate surface area is 98.2 Å². The third-order valence-corrected chi connectivity index (χ3v) is 2.89. The zero-order chi connectivity index (χ0) is 11.7. The van der Waals surface area contributed by atoms with Crippen molar-refractivity contribution in [1.29, 1.82) is 0 Å². The third-order valence-electron chi connectivity index (χ3n) is 2.56. The molecule has 0 aliphatic heterocycles. The lowest BCUT2D eigenvalue weighted by atomic mass is 10.0. The lowest BCUT2D eigenvalue weighted by Crippen LogP contribution is -2.08. The third kappa shape index (κ3) is 2.13. The Morgan fingerprint density at radius 1 is 1.50 bits per heavy atom. The van der Waals surface area contributed by atoms with Gasteiger partial charge in [0.05, 0.1) is 23.4 Å². The minimum absolute atomic E-state index is 0.354. The molecule has 2 N–H and O–H groups in total. The van der Waals surface area contributed by atoms with Gasteiger partial charge in [-0.05, 0) is 36.5 Å². The van der Waals surface area contributed by atoms with Crippen LogP contribution in [0, 0.1) is 0 Å². The van der Waals surface area contributed by atoms with Crippen molar-refractivity contribution in [2.24, 2.45) is 0 Å². The zero-order valence-electron chi connectivity index (χ0n) is 8.83. The van der Waals surface area contributed by atoms with Gasteiger partial charge in [0.1, 0.15) is 0 Å². The van der Waals surface area contributed by atoms with Crippen LogP contribution >= 0.6 is 11.6 Å². The second-order valence-corrected chi connectivity index (χ2v) is 4.18. The average molecular weight is 242 g/mol. The number of nitrogens with two attached hydrogens (primary N) is 1. The largest absolute Gasteiger partial charge is 0.398 e. The van der Waals surface area contributed by atoms with Crippen LogP contribution in [0.2, 0.25) is 5.02 Å². The molecular weight excluding hydrogens is 230 g/mol. The highest BCUT2D eigenvalue weighted by Crippen LogP contribution is 2.43. The Balaban J connectivity index is 2.40. The lowest BCUT2D eigenvalue weighted by molar-refractivity contribution is -0.216. The highest BCUT2D eigenvalue weighted by molar-refractivity contribution is 6.33. The Hall–Kier alpha value is -1.26. The molecule has 5 heteroatoms. The van der Waals surface area contributed by atoms with Gasteiger partial charge in [0.2, 0.25) is 0 Å². The smallest absolute Gasteiger partial charge is 0.373 e. The molecule has 0 atom stereocenters. The van der Waals surface area contributed by atoms with E-state index < -0.39 is 5.97 Å². The lowest BCUT2D eigenvalue weighted by Gasteiger charge is -2.09. The van der Waals surface area contributed by atoms with Crippen molar-refractivity contribution in [2.75, 3.05) is 12.8 Å². The van der Waals surface area contributed by atoms with Gasteiger partial charge in [0.15, 0.2) is 0 Å². The van der Waals surface area contributed by atoms with E-state index in [1.807, 2.05) is 0 Å². The maximum atomic E-state index is 11.6. The minimum Gasteiger partial charge on any atom is -0.398 e. The van der Waals surface area contributed by atoms with Crippen LogP contribution in [0.25, 0.3) is 0 Å². The van der Waals surface area contributed by atoms with E-state index >= 15 is 0 Å². The summed E-state index contributed by atoms with van der Waals surface area (Å²) in [6, 6.07) is 3.28. The molecule has 0 bridgehead atoms. The normalized spacial score (nSPS) is 14.9. The van der Waals surface area contributed by atoms with Crippen molar-refractivity contribution in [3.8, 4) is 0 Å². The van der Waals surface area contributed by atoms with E-state index in [-0.39, 0.29) is 0 Å². The Kier molecular flexibility index (Phi) is 3.03. The van der Waals surface area contributed by atoms with Crippen LogP contribution in [0.3, 0.4) is 0 Å². The van der Waals surface area contributed by atoms with Gasteiger partial charge in [-0.15, -0.1) is 0 Å². The summed E-state index contributed by atoms with van der Waals surface area (Å²) in [5.41, 5.74) is 7.52. The summed E-state index contributed by atoms with van der Waals surface area (Å²) < 4.78 is 0. The van der Waals surface area contributed by atoms with Gasteiger partial charge < -0.3 is 5.73 Å². The first-order chi connectivity index (χ1) is 7.63. The standard InChI is InChI=1S/C11H12ClNO3/c1-15-16-11(14)8-4-9(12)10(13)5-7(8)6-2-3-6/h4-6H,2-3,13H2,1H3. The first-order valence-corrected chi connectivity index (χ1v) is 5.35. The highest BCUT2D eigenvalue weighted by atomic mass is 35.5. The molecule has 0 radical (unpaired) electrons. The van der Waals surface area contributed by atoms with E-state index in [0.29, 0.717) is 22.2 Å². The molecule has 1 aromatic rings. The first kappa shape index (κ1) is 11.2. The van der Waals surface area contributed by atoms with E-state index in [2.05, 4.69) is 9.78 Å². The van der Waals surface area contributed by atoms with Gasteiger partial charge in [-0.2, -0.15) is 4.89 Å². The molecule has 2 rings (SSSR count). The van der Waals surface area contributed by atoms with Crippen molar-refractivity contribution in [3.63, 3.8) is 0 Å². The van der Waals surface area contributed by atoms with Crippen LogP contribution < -0.4 is 5.73 Å². The highest BCUT2D eigenvalue weighted by Gasteiger charge is 2.29. The molecule has 0 aromatic heterocycles. The van der Waals surface area contributed by atoms with Gasteiger partial charge in [-0.1, -0.05) is 11.6 Å². The predicted molar refractivity (Wildman–Crippen MR) is 60.3 cm³/mol. The Morgan fingerprint density at radius 2 is 2.19 bits per heavy atom. The number of rotatable bonds is 3. The molecule has 0 heterocycles. The maximum Gasteiger partial charge on any atom is 0.373 e. The van der Waals surface area contributed by atoms with Crippen LogP contribution in [0.1, 0.15) is 34.7 Å². The molecule has 1 aliphatic rings. The van der Waals surface area contributed by atoms with E-state index in [1.54, 1.807) is 6.07 Å². The molecule has 4 nitrogen and oxygen atoms in total. The quantitative estimate of drug-likeness (QED) is 0.502. The van der Waals surface area contributed by atoms with E-state index in [4.69, 9.17) is 17.3 Å². The van der Waals surface area contributed by atoms with Crippen molar-refractivity contribution in [3.05, 3.63) is 28.3 Å². The Bertz CT molecular complexity index is 429. The van der Waals surface area contributed by atoms with Gasteiger partial charge in [-0.25, -0.2) is 4.79 Å². The number of halogens is 1. The fourth-order valence-electron chi connectivity index (χ4n) is 1.64. The van der Waals surface area contributed by atoms with Gasteiger partial charge >= 0.3 is 5.97 Å². The number of benzene rings is 1. The number of anilines is 1. The van der Waals surface area contributed by atoms with Crippen molar-refractivity contribution < 1.29 is 14.6 Å². The van der Waals surface area contributed by atoms with Crippen LogP contribution in [-0.2, 0) is 9.78 Å². The fourth-order valence-corrected chi connectivity index (χ4v) is 1.80. The molecule has 0 spiro atoms. The number of hydrogen-bond acceptors (Lipinski definition) is 4. The van der Waals surface area contributed by atoms with Crippen molar-refractivity contribution >= 4 is 23.3 Å². The summed E-state index contributed by atoms with van der Waals surface area (Å²) in [7, 11) is 1.29. The Morgan fingerprint density at radius 3 is 2.75 bits per heavy atom. The molecule has 1 aromatic carbocycles.